The van der Waals surface area contributed by atoms with Crippen molar-refractivity contribution in [1.29, 1.82) is 0 Å². The lowest BCUT2D eigenvalue weighted by atomic mass is 9.89. The minimum atomic E-state index is -0.884. The second-order valence-corrected chi connectivity index (χ2v) is 5.96. The number of hydrogen-bond donors (Lipinski definition) is 1. The lowest BCUT2D eigenvalue weighted by molar-refractivity contribution is -0.000635. The van der Waals surface area contributed by atoms with Gasteiger partial charge in [-0.2, -0.15) is 0 Å². The Balaban J connectivity index is 1.60. The van der Waals surface area contributed by atoms with Gasteiger partial charge in [0.2, 0.25) is 0 Å². The Kier molecular flexibility index (Phi) is 2.72. The highest BCUT2D eigenvalue weighted by atomic mass is 16.3. The smallest absolute Gasteiger partial charge is 0.142 e. The van der Waals surface area contributed by atoms with E-state index in [2.05, 4.69) is 25.2 Å². The van der Waals surface area contributed by atoms with Crippen LogP contribution >= 0.6 is 0 Å². The minimum absolute atomic E-state index is 0.525. The molecule has 0 spiro atoms. The third-order valence-electron chi connectivity index (χ3n) is 4.50. The molecule has 1 aliphatic heterocycles. The molecule has 1 saturated heterocycles. The molecule has 21 heavy (non-hydrogen) atoms. The highest BCUT2D eigenvalue weighted by Crippen LogP contribution is 2.37. The summed E-state index contributed by atoms with van der Waals surface area (Å²) in [6.07, 6.45) is 7.74. The second-order valence-electron chi connectivity index (χ2n) is 5.96. The molecule has 2 aromatic rings. The van der Waals surface area contributed by atoms with Crippen molar-refractivity contribution in [1.82, 2.24) is 25.0 Å². The fraction of sp³-hybridized carbons (Fsp3) is 0.571. The Hall–Kier alpha value is -2.02. The van der Waals surface area contributed by atoms with Crippen molar-refractivity contribution < 1.29 is 5.11 Å². The first-order valence-corrected chi connectivity index (χ1v) is 7.33. The second kappa shape index (κ2) is 4.49. The lowest BCUT2D eigenvalue weighted by Crippen LogP contribution is -2.60. The minimum Gasteiger partial charge on any atom is -0.380 e. The first-order valence-electron chi connectivity index (χ1n) is 7.33. The van der Waals surface area contributed by atoms with Crippen molar-refractivity contribution in [2.75, 3.05) is 18.0 Å². The van der Waals surface area contributed by atoms with E-state index < -0.39 is 5.60 Å². The van der Waals surface area contributed by atoms with Gasteiger partial charge in [-0.1, -0.05) is 5.21 Å². The average molecular weight is 286 g/mol. The summed E-state index contributed by atoms with van der Waals surface area (Å²) in [6, 6.07) is 0. The van der Waals surface area contributed by atoms with Crippen LogP contribution in [-0.4, -0.2) is 43.2 Å². The van der Waals surface area contributed by atoms with E-state index in [0.717, 1.165) is 24.4 Å². The zero-order valence-electron chi connectivity index (χ0n) is 12.0. The lowest BCUT2D eigenvalue weighted by Gasteiger charge is -2.47. The average Bonchev–Trinajstić information content (AvgIpc) is 2.90. The monoisotopic (exact) mass is 286 g/mol. The molecule has 4 rings (SSSR count). The summed E-state index contributed by atoms with van der Waals surface area (Å²) in [5.41, 5.74) is 2.30. The van der Waals surface area contributed by atoms with Crippen LogP contribution in [0, 0.1) is 0 Å². The fourth-order valence-electron chi connectivity index (χ4n) is 3.38. The Morgan fingerprint density at radius 3 is 2.76 bits per heavy atom. The van der Waals surface area contributed by atoms with Gasteiger partial charge in [0.05, 0.1) is 25.0 Å². The Labute approximate surface area is 122 Å². The molecule has 2 aromatic heterocycles. The number of nitrogens with zero attached hydrogens (tertiary/aromatic N) is 6. The summed E-state index contributed by atoms with van der Waals surface area (Å²) in [6.45, 7) is 1.05. The van der Waals surface area contributed by atoms with Crippen LogP contribution in [0.15, 0.2) is 12.5 Å². The van der Waals surface area contributed by atoms with E-state index in [-0.39, 0.29) is 0 Å². The molecule has 0 saturated carbocycles. The number of rotatable bonds is 2. The van der Waals surface area contributed by atoms with Crippen LogP contribution in [0.5, 0.6) is 0 Å². The number of fused-ring (bicyclic) bond motifs is 1. The van der Waals surface area contributed by atoms with Crippen LogP contribution in [0.4, 0.5) is 5.82 Å². The Morgan fingerprint density at radius 1 is 1.19 bits per heavy atom. The molecule has 1 aliphatic carbocycles. The summed E-state index contributed by atoms with van der Waals surface area (Å²) >= 11 is 0. The van der Waals surface area contributed by atoms with Crippen molar-refractivity contribution in [3.8, 4) is 0 Å². The van der Waals surface area contributed by atoms with Gasteiger partial charge in [0.25, 0.3) is 0 Å². The molecule has 0 amide bonds. The van der Waals surface area contributed by atoms with Crippen LogP contribution in [0.3, 0.4) is 0 Å². The molecule has 1 N–H and O–H groups in total. The maximum atomic E-state index is 10.7. The quantitative estimate of drug-likeness (QED) is 0.849. The van der Waals surface area contributed by atoms with E-state index in [1.807, 2.05) is 0 Å². The molecule has 0 unspecified atom stereocenters. The van der Waals surface area contributed by atoms with E-state index in [0.29, 0.717) is 13.1 Å². The van der Waals surface area contributed by atoms with Gasteiger partial charge in [-0.25, -0.2) is 14.6 Å². The molecule has 0 bridgehead atoms. The molecular formula is C14H18N6O. The van der Waals surface area contributed by atoms with Gasteiger partial charge in [-0.15, -0.1) is 5.10 Å². The number of hydrogen-bond acceptors (Lipinski definition) is 6. The molecular weight excluding hydrogens is 268 g/mol. The maximum absolute atomic E-state index is 10.7. The molecule has 7 nitrogen and oxygen atoms in total. The summed E-state index contributed by atoms with van der Waals surface area (Å²) in [4.78, 5) is 11.0. The number of aliphatic hydroxyl groups is 1. The van der Waals surface area contributed by atoms with E-state index in [1.54, 1.807) is 24.3 Å². The van der Waals surface area contributed by atoms with Gasteiger partial charge < -0.3 is 10.0 Å². The number of anilines is 1. The maximum Gasteiger partial charge on any atom is 0.142 e. The molecule has 0 aromatic carbocycles. The summed E-state index contributed by atoms with van der Waals surface area (Å²) < 4.78 is 1.63. The number of β-amino-alcohol motifs (C(OH)–C–C–N with tert-alkyl or cyclic N) is 1. The molecule has 3 heterocycles. The Morgan fingerprint density at radius 2 is 2.00 bits per heavy atom. The van der Waals surface area contributed by atoms with Crippen LogP contribution in [0.2, 0.25) is 0 Å². The summed E-state index contributed by atoms with van der Waals surface area (Å²) in [7, 11) is 1.80. The topological polar surface area (TPSA) is 80.0 Å². The largest absolute Gasteiger partial charge is 0.380 e. The normalized spacial score (nSPS) is 20.0. The van der Waals surface area contributed by atoms with Gasteiger partial charge in [0.1, 0.15) is 17.7 Å². The first-order chi connectivity index (χ1) is 10.2. The van der Waals surface area contributed by atoms with Gasteiger partial charge in [-0.3, -0.25) is 0 Å². The van der Waals surface area contributed by atoms with Crippen LogP contribution in [0.1, 0.15) is 29.8 Å². The predicted octanol–water partition coefficient (Wildman–Crippen LogP) is 0.192. The van der Waals surface area contributed by atoms with E-state index >= 15 is 0 Å². The summed E-state index contributed by atoms with van der Waals surface area (Å²) in [5.74, 6) is 0.986. The van der Waals surface area contributed by atoms with Gasteiger partial charge in [-0.05, 0) is 25.7 Å². The zero-order valence-corrected chi connectivity index (χ0v) is 12.0. The van der Waals surface area contributed by atoms with Crippen LogP contribution in [0.25, 0.3) is 0 Å². The summed E-state index contributed by atoms with van der Waals surface area (Å²) in [5, 5.41) is 18.4. The third-order valence-corrected chi connectivity index (χ3v) is 4.50. The fourth-order valence-corrected chi connectivity index (χ4v) is 3.38. The molecule has 2 aliphatic rings. The molecule has 7 heteroatoms. The number of aromatic nitrogens is 5. The first kappa shape index (κ1) is 12.7. The van der Waals surface area contributed by atoms with Crippen molar-refractivity contribution in [2.45, 2.75) is 31.3 Å². The van der Waals surface area contributed by atoms with Crippen LogP contribution < -0.4 is 4.90 Å². The molecule has 1 fully saturated rings. The van der Waals surface area contributed by atoms with Crippen molar-refractivity contribution in [2.24, 2.45) is 7.05 Å². The predicted molar refractivity (Wildman–Crippen MR) is 75.8 cm³/mol. The third kappa shape index (κ3) is 1.91. The van der Waals surface area contributed by atoms with E-state index in [4.69, 9.17) is 0 Å². The Bertz CT molecular complexity index is 676. The molecule has 110 valence electrons. The van der Waals surface area contributed by atoms with E-state index in [1.165, 1.54) is 24.1 Å². The SMILES string of the molecule is Cn1nncc1C1(O)CN(c2ncnc3c2CCCC3)C1. The van der Waals surface area contributed by atoms with Crippen molar-refractivity contribution in [3.63, 3.8) is 0 Å². The van der Waals surface area contributed by atoms with Crippen LogP contribution in [-0.2, 0) is 25.5 Å². The molecule has 0 atom stereocenters. The van der Waals surface area contributed by atoms with Gasteiger partial charge in [0, 0.05) is 18.3 Å². The van der Waals surface area contributed by atoms with Gasteiger partial charge >= 0.3 is 0 Å². The van der Waals surface area contributed by atoms with Crippen molar-refractivity contribution >= 4 is 5.82 Å². The van der Waals surface area contributed by atoms with Gasteiger partial charge in [0.15, 0.2) is 0 Å². The molecule has 0 radical (unpaired) electrons. The van der Waals surface area contributed by atoms with Crippen molar-refractivity contribution in [3.05, 3.63) is 29.5 Å². The zero-order chi connectivity index (χ0) is 14.4. The van der Waals surface area contributed by atoms with E-state index in [9.17, 15) is 5.11 Å². The number of aryl methyl sites for hydroxylation is 2. The highest BCUT2D eigenvalue weighted by molar-refractivity contribution is 5.53. The highest BCUT2D eigenvalue weighted by Gasteiger charge is 2.46. The standard InChI is InChI=1S/C14H18N6O/c1-19-12(6-17-18-19)14(21)7-20(8-14)13-10-4-2-3-5-11(10)15-9-16-13/h6,9,21H,2-5,7-8H2,1H3.